The lowest BCUT2D eigenvalue weighted by molar-refractivity contribution is -0.384. The van der Waals surface area contributed by atoms with Gasteiger partial charge in [-0.15, -0.1) is 0 Å². The van der Waals surface area contributed by atoms with Crippen molar-refractivity contribution in [2.75, 3.05) is 11.9 Å². The Kier molecular flexibility index (Phi) is 3.05. The molecule has 92 valence electrons. The first kappa shape index (κ1) is 11.9. The van der Waals surface area contributed by atoms with Crippen molar-refractivity contribution < 1.29 is 4.92 Å². The van der Waals surface area contributed by atoms with Crippen molar-refractivity contribution in [2.24, 2.45) is 5.41 Å². The normalized spacial score (nSPS) is 17.3. The minimum atomic E-state index is -0.328. The number of anilines is 1. The highest BCUT2D eigenvalue weighted by atomic mass is 16.6. The van der Waals surface area contributed by atoms with Crippen LogP contribution in [0.3, 0.4) is 0 Å². The highest BCUT2D eigenvalue weighted by Gasteiger charge is 2.31. The zero-order valence-electron chi connectivity index (χ0n) is 10.3. The fraction of sp³-hybridized carbons (Fsp3) is 0.538. The van der Waals surface area contributed by atoms with E-state index in [9.17, 15) is 10.1 Å². The maximum absolute atomic E-state index is 10.9. The van der Waals surface area contributed by atoms with E-state index in [4.69, 9.17) is 0 Å². The number of hydrogen-bond donors (Lipinski definition) is 1. The number of aryl methyl sites for hydroxylation is 1. The van der Waals surface area contributed by atoms with Crippen molar-refractivity contribution in [3.05, 3.63) is 33.9 Å². The van der Waals surface area contributed by atoms with Crippen molar-refractivity contribution in [2.45, 2.75) is 33.1 Å². The molecule has 0 aromatic heterocycles. The topological polar surface area (TPSA) is 55.2 Å². The van der Waals surface area contributed by atoms with Crippen LogP contribution in [0.1, 0.15) is 31.7 Å². The van der Waals surface area contributed by atoms with Gasteiger partial charge in [-0.25, -0.2) is 0 Å². The molecule has 1 saturated carbocycles. The Morgan fingerprint density at radius 2 is 2.18 bits per heavy atom. The monoisotopic (exact) mass is 234 g/mol. The summed E-state index contributed by atoms with van der Waals surface area (Å²) in [4.78, 5) is 10.6. The van der Waals surface area contributed by atoms with Crippen LogP contribution in [0.25, 0.3) is 0 Å². The Balaban J connectivity index is 2.13. The molecule has 4 heteroatoms. The maximum Gasteiger partial charge on any atom is 0.292 e. The van der Waals surface area contributed by atoms with Crippen LogP contribution in [0.4, 0.5) is 11.4 Å². The molecule has 1 aromatic carbocycles. The zero-order valence-corrected chi connectivity index (χ0v) is 10.3. The first-order valence-corrected chi connectivity index (χ1v) is 5.99. The van der Waals surface area contributed by atoms with Crippen LogP contribution < -0.4 is 5.32 Å². The molecule has 1 aromatic rings. The van der Waals surface area contributed by atoms with E-state index in [2.05, 4.69) is 12.2 Å². The number of hydrogen-bond acceptors (Lipinski definition) is 3. The smallest absolute Gasteiger partial charge is 0.292 e. The van der Waals surface area contributed by atoms with Crippen molar-refractivity contribution in [1.29, 1.82) is 0 Å². The first-order valence-electron chi connectivity index (χ1n) is 5.99. The quantitative estimate of drug-likeness (QED) is 0.640. The molecule has 0 atom stereocenters. The number of nitrogens with one attached hydrogen (secondary N) is 1. The number of rotatable bonds is 4. The summed E-state index contributed by atoms with van der Waals surface area (Å²) < 4.78 is 0. The first-order chi connectivity index (χ1) is 8.00. The summed E-state index contributed by atoms with van der Waals surface area (Å²) in [6, 6.07) is 5.19. The third-order valence-electron chi connectivity index (χ3n) is 3.62. The predicted octanol–water partition coefficient (Wildman–Crippen LogP) is 3.51. The van der Waals surface area contributed by atoms with E-state index >= 15 is 0 Å². The summed E-state index contributed by atoms with van der Waals surface area (Å²) in [5.41, 5.74) is 2.16. The molecule has 0 radical (unpaired) electrons. The second-order valence-corrected chi connectivity index (χ2v) is 5.30. The van der Waals surface area contributed by atoms with Gasteiger partial charge in [0.05, 0.1) is 4.92 Å². The summed E-state index contributed by atoms with van der Waals surface area (Å²) in [6.45, 7) is 4.99. The Morgan fingerprint density at radius 1 is 1.47 bits per heavy atom. The van der Waals surface area contributed by atoms with Crippen molar-refractivity contribution in [1.82, 2.24) is 0 Å². The predicted molar refractivity (Wildman–Crippen MR) is 68.3 cm³/mol. The van der Waals surface area contributed by atoms with Gasteiger partial charge in [0.25, 0.3) is 5.69 Å². The van der Waals surface area contributed by atoms with Gasteiger partial charge in [0.1, 0.15) is 5.69 Å². The van der Waals surface area contributed by atoms with Crippen molar-refractivity contribution in [3.63, 3.8) is 0 Å². The molecule has 0 aliphatic heterocycles. The Labute approximate surface area is 101 Å². The molecular weight excluding hydrogens is 216 g/mol. The van der Waals surface area contributed by atoms with Crippen LogP contribution in [0.2, 0.25) is 0 Å². The van der Waals surface area contributed by atoms with Crippen LogP contribution in [0.5, 0.6) is 0 Å². The summed E-state index contributed by atoms with van der Waals surface area (Å²) in [6.07, 6.45) is 3.69. The SMILES string of the molecule is Cc1ccc([N+](=O)[O-])c(NCC2(C)CCC2)c1. The Hall–Kier alpha value is -1.58. The minimum absolute atomic E-state index is 0.165. The molecule has 0 heterocycles. The molecule has 0 amide bonds. The highest BCUT2D eigenvalue weighted by Crippen LogP contribution is 2.40. The van der Waals surface area contributed by atoms with Gasteiger partial charge in [0, 0.05) is 12.6 Å². The van der Waals surface area contributed by atoms with Gasteiger partial charge in [0.2, 0.25) is 0 Å². The Morgan fingerprint density at radius 3 is 2.71 bits per heavy atom. The van der Waals surface area contributed by atoms with Crippen molar-refractivity contribution >= 4 is 11.4 Å². The van der Waals surface area contributed by atoms with Gasteiger partial charge in [-0.1, -0.05) is 19.4 Å². The molecule has 0 spiro atoms. The van der Waals surface area contributed by atoms with E-state index in [0.717, 1.165) is 12.1 Å². The van der Waals surface area contributed by atoms with Crippen LogP contribution in [0, 0.1) is 22.5 Å². The van der Waals surface area contributed by atoms with Gasteiger partial charge in [-0.05, 0) is 36.8 Å². The number of benzene rings is 1. The second kappa shape index (κ2) is 4.35. The van der Waals surface area contributed by atoms with E-state index < -0.39 is 0 Å². The van der Waals surface area contributed by atoms with E-state index in [1.54, 1.807) is 12.1 Å². The van der Waals surface area contributed by atoms with Gasteiger partial charge in [0.15, 0.2) is 0 Å². The average Bonchev–Trinajstić information content (AvgIpc) is 2.23. The fourth-order valence-corrected chi connectivity index (χ4v) is 2.22. The summed E-state index contributed by atoms with van der Waals surface area (Å²) >= 11 is 0. The molecule has 17 heavy (non-hydrogen) atoms. The molecule has 0 unspecified atom stereocenters. The molecular formula is C13H18N2O2. The lowest BCUT2D eigenvalue weighted by Gasteiger charge is -2.38. The average molecular weight is 234 g/mol. The van der Waals surface area contributed by atoms with Gasteiger partial charge >= 0.3 is 0 Å². The largest absolute Gasteiger partial charge is 0.379 e. The third kappa shape index (κ3) is 2.57. The third-order valence-corrected chi connectivity index (χ3v) is 3.62. The van der Waals surface area contributed by atoms with E-state index in [-0.39, 0.29) is 10.6 Å². The molecule has 2 rings (SSSR count). The molecule has 0 bridgehead atoms. The minimum Gasteiger partial charge on any atom is -0.379 e. The van der Waals surface area contributed by atoms with Crippen LogP contribution in [-0.2, 0) is 0 Å². The highest BCUT2D eigenvalue weighted by molar-refractivity contribution is 5.62. The van der Waals surface area contributed by atoms with Crippen molar-refractivity contribution in [3.8, 4) is 0 Å². The van der Waals surface area contributed by atoms with E-state index in [1.165, 1.54) is 19.3 Å². The van der Waals surface area contributed by atoms with E-state index in [1.807, 2.05) is 13.0 Å². The van der Waals surface area contributed by atoms with Crippen LogP contribution in [-0.4, -0.2) is 11.5 Å². The Bertz CT molecular complexity index is 439. The molecule has 1 fully saturated rings. The molecule has 1 aliphatic rings. The zero-order chi connectivity index (χ0) is 12.5. The molecule has 1 aliphatic carbocycles. The van der Waals surface area contributed by atoms with Crippen LogP contribution in [0.15, 0.2) is 18.2 Å². The number of nitro benzene ring substituents is 1. The standard InChI is InChI=1S/C13H18N2O2/c1-10-4-5-12(15(16)17)11(8-10)14-9-13(2)6-3-7-13/h4-5,8,14H,3,6-7,9H2,1-2H3. The lowest BCUT2D eigenvalue weighted by atomic mass is 9.70. The van der Waals surface area contributed by atoms with Gasteiger partial charge < -0.3 is 5.32 Å². The fourth-order valence-electron chi connectivity index (χ4n) is 2.22. The summed E-state index contributed by atoms with van der Waals surface area (Å²) in [5, 5.41) is 14.1. The summed E-state index contributed by atoms with van der Waals surface area (Å²) in [7, 11) is 0. The maximum atomic E-state index is 10.9. The molecule has 4 nitrogen and oxygen atoms in total. The summed E-state index contributed by atoms with van der Waals surface area (Å²) in [5.74, 6) is 0. The number of nitrogens with zero attached hydrogens (tertiary/aromatic N) is 1. The molecule has 0 saturated heterocycles. The molecule has 1 N–H and O–H groups in total. The van der Waals surface area contributed by atoms with Gasteiger partial charge in [-0.3, -0.25) is 10.1 Å². The lowest BCUT2D eigenvalue weighted by Crippen LogP contribution is -2.33. The second-order valence-electron chi connectivity index (χ2n) is 5.30. The van der Waals surface area contributed by atoms with Gasteiger partial charge in [-0.2, -0.15) is 0 Å². The van der Waals surface area contributed by atoms with E-state index in [0.29, 0.717) is 11.1 Å². The van der Waals surface area contributed by atoms with Crippen LogP contribution >= 0.6 is 0 Å². The number of nitro groups is 1.